The third kappa shape index (κ3) is 3.79. The average molecular weight is 479 g/mol. The van der Waals surface area contributed by atoms with Gasteiger partial charge in [0.2, 0.25) is 0 Å². The molecule has 0 bridgehead atoms. The lowest BCUT2D eigenvalue weighted by Gasteiger charge is -2.23. The van der Waals surface area contributed by atoms with Crippen LogP contribution in [0.25, 0.3) is 11.0 Å². The summed E-state index contributed by atoms with van der Waals surface area (Å²) in [6, 6.07) is 8.85. The van der Waals surface area contributed by atoms with Crippen molar-refractivity contribution < 1.29 is 15.0 Å². The van der Waals surface area contributed by atoms with E-state index in [1.54, 1.807) is 6.07 Å². The molecule has 1 unspecified atom stereocenters. The molecule has 1 saturated carbocycles. The minimum atomic E-state index is -1.18. The first kappa shape index (κ1) is 22.3. The van der Waals surface area contributed by atoms with Crippen LogP contribution in [0.2, 0.25) is 5.15 Å². The summed E-state index contributed by atoms with van der Waals surface area (Å²) in [5.74, 6) is 0.573. The average Bonchev–Trinajstić information content (AvgIpc) is 3.28. The van der Waals surface area contributed by atoms with Gasteiger partial charge in [-0.15, -0.1) is 0 Å². The fourth-order valence-electron chi connectivity index (χ4n) is 5.07. The molecule has 4 atom stereocenters. The summed E-state index contributed by atoms with van der Waals surface area (Å²) >= 11 is 5.89. The van der Waals surface area contributed by atoms with Crippen LogP contribution in [-0.4, -0.2) is 50.8 Å². The lowest BCUT2D eigenvalue weighted by atomic mass is 10.0. The van der Waals surface area contributed by atoms with Crippen LogP contribution < -0.4 is 10.2 Å². The van der Waals surface area contributed by atoms with Gasteiger partial charge >= 0.3 is 5.97 Å². The maximum atomic E-state index is 11.7. The molecule has 2 aliphatic rings. The molecule has 3 N–H and O–H groups in total. The summed E-state index contributed by atoms with van der Waals surface area (Å²) in [6.07, 6.45) is 0. The predicted molar refractivity (Wildman–Crippen MR) is 127 cm³/mol. The van der Waals surface area contributed by atoms with Gasteiger partial charge in [-0.25, -0.2) is 19.7 Å². The van der Waals surface area contributed by atoms with Crippen molar-refractivity contribution in [3.8, 4) is 6.07 Å². The topological polar surface area (TPSA) is 135 Å². The Morgan fingerprint density at radius 2 is 2.03 bits per heavy atom. The molecule has 34 heavy (non-hydrogen) atoms. The van der Waals surface area contributed by atoms with Crippen molar-refractivity contribution in [1.82, 2.24) is 15.0 Å². The number of benzene rings is 1. The first-order valence-corrected chi connectivity index (χ1v) is 11.4. The molecule has 2 aromatic heterocycles. The number of aryl methyl sites for hydroxylation is 1. The fraction of sp³-hybridized carbons (Fsp3) is 0.375. The predicted octanol–water partition coefficient (Wildman–Crippen LogP) is 3.40. The zero-order valence-electron chi connectivity index (χ0n) is 18.7. The summed E-state index contributed by atoms with van der Waals surface area (Å²) < 4.78 is 0. The molecule has 1 aliphatic heterocycles. The van der Waals surface area contributed by atoms with Gasteiger partial charge in [-0.1, -0.05) is 17.7 Å². The van der Waals surface area contributed by atoms with Crippen molar-refractivity contribution in [1.29, 1.82) is 5.26 Å². The number of aliphatic hydroxyl groups is 1. The smallest absolute Gasteiger partial charge is 0.356 e. The van der Waals surface area contributed by atoms with Crippen molar-refractivity contribution in [2.45, 2.75) is 19.9 Å². The number of nitriles is 1. The molecule has 5 rings (SSSR count). The van der Waals surface area contributed by atoms with E-state index in [0.29, 0.717) is 40.3 Å². The summed E-state index contributed by atoms with van der Waals surface area (Å²) in [5.41, 5.74) is 3.49. The number of nitrogens with one attached hydrogen (secondary N) is 1. The highest BCUT2D eigenvalue weighted by molar-refractivity contribution is 6.29. The molecule has 3 aromatic rings. The second-order valence-corrected chi connectivity index (χ2v) is 9.40. The maximum Gasteiger partial charge on any atom is 0.356 e. The van der Waals surface area contributed by atoms with E-state index >= 15 is 0 Å². The standard InChI is InChI=1S/C24H23ClN6O3/c1-11-5-13(12(2)27-17-3-4-20(25)29-22(17)24(33)34)21-18(6-11)28-19(7-26)23(30-21)31-8-14-15(9-31)16(14)10-32/h3-6,12,14-16,27,32H,8-10H2,1-2H3,(H,33,34)/t12-,14-,15+,16?/m1/s1. The number of carbonyl (C=O) groups is 1. The maximum absolute atomic E-state index is 11.7. The molecule has 9 nitrogen and oxygen atoms in total. The number of aromatic carboxylic acids is 1. The number of hydrogen-bond acceptors (Lipinski definition) is 8. The van der Waals surface area contributed by atoms with Crippen molar-refractivity contribution in [2.75, 3.05) is 29.9 Å². The summed E-state index contributed by atoms with van der Waals surface area (Å²) in [4.78, 5) is 27.2. The highest BCUT2D eigenvalue weighted by atomic mass is 35.5. The highest BCUT2D eigenvalue weighted by Crippen LogP contribution is 2.52. The van der Waals surface area contributed by atoms with E-state index in [2.05, 4.69) is 26.3 Å². The van der Waals surface area contributed by atoms with Crippen LogP contribution >= 0.6 is 11.6 Å². The van der Waals surface area contributed by atoms with E-state index in [9.17, 15) is 20.3 Å². The number of nitrogens with zero attached hydrogens (tertiary/aromatic N) is 5. The number of piperidine rings is 1. The summed E-state index contributed by atoms with van der Waals surface area (Å²) in [5, 5.41) is 32.1. The summed E-state index contributed by atoms with van der Waals surface area (Å²) in [7, 11) is 0. The number of rotatable bonds is 6. The fourth-order valence-corrected chi connectivity index (χ4v) is 5.22. The molecule has 2 fully saturated rings. The number of fused-ring (bicyclic) bond motifs is 2. The minimum Gasteiger partial charge on any atom is -0.476 e. The van der Waals surface area contributed by atoms with E-state index in [0.717, 1.165) is 24.2 Å². The zero-order chi connectivity index (χ0) is 24.1. The number of aromatic nitrogens is 3. The van der Waals surface area contributed by atoms with Gasteiger partial charge in [-0.3, -0.25) is 0 Å². The minimum absolute atomic E-state index is 0.100. The monoisotopic (exact) mass is 478 g/mol. The van der Waals surface area contributed by atoms with Crippen LogP contribution in [0.4, 0.5) is 11.5 Å². The van der Waals surface area contributed by atoms with Gasteiger partial charge in [0.25, 0.3) is 0 Å². The number of halogens is 1. The second kappa shape index (κ2) is 8.38. The van der Waals surface area contributed by atoms with Crippen molar-refractivity contribution in [2.24, 2.45) is 17.8 Å². The molecular weight excluding hydrogens is 456 g/mol. The Hall–Kier alpha value is -3.48. The quantitative estimate of drug-likeness (QED) is 0.455. The van der Waals surface area contributed by atoms with Crippen molar-refractivity contribution >= 4 is 40.1 Å². The van der Waals surface area contributed by atoms with Crippen molar-refractivity contribution in [3.63, 3.8) is 0 Å². The molecule has 1 saturated heterocycles. The first-order valence-electron chi connectivity index (χ1n) is 11.0. The second-order valence-electron chi connectivity index (χ2n) is 9.01. The molecular formula is C24H23ClN6O3. The molecule has 0 amide bonds. The molecule has 1 aromatic carbocycles. The van der Waals surface area contributed by atoms with Crippen LogP contribution in [0.5, 0.6) is 0 Å². The number of pyridine rings is 1. The number of carboxylic acid groups (broad SMARTS) is 1. The number of carboxylic acids is 1. The van der Waals surface area contributed by atoms with Crippen LogP contribution in [-0.2, 0) is 0 Å². The Bertz CT molecular complexity index is 1340. The van der Waals surface area contributed by atoms with Crippen molar-refractivity contribution in [3.05, 3.63) is 51.9 Å². The van der Waals surface area contributed by atoms with E-state index in [1.807, 2.05) is 26.0 Å². The highest BCUT2D eigenvalue weighted by Gasteiger charge is 2.55. The lowest BCUT2D eigenvalue weighted by molar-refractivity contribution is 0.0691. The summed E-state index contributed by atoms with van der Waals surface area (Å²) in [6.45, 7) is 5.54. The van der Waals surface area contributed by atoms with Gasteiger partial charge in [0.05, 0.1) is 22.8 Å². The SMILES string of the molecule is Cc1cc([C@@H](C)Nc2ccc(Cl)nc2C(=O)O)c2nc(N3C[C@@H]4C(CO)[C@@H]4C3)c(C#N)nc2c1. The van der Waals surface area contributed by atoms with Gasteiger partial charge in [0.1, 0.15) is 11.2 Å². The van der Waals surface area contributed by atoms with E-state index < -0.39 is 5.97 Å². The third-order valence-electron chi connectivity index (χ3n) is 6.82. The molecule has 1 aliphatic carbocycles. The molecule has 0 radical (unpaired) electrons. The Morgan fingerprint density at radius 3 is 2.68 bits per heavy atom. The van der Waals surface area contributed by atoms with E-state index in [4.69, 9.17) is 16.6 Å². The molecule has 10 heteroatoms. The Labute approximate surface area is 201 Å². The molecule has 174 valence electrons. The Morgan fingerprint density at radius 1 is 1.29 bits per heavy atom. The Kier molecular flexibility index (Phi) is 5.50. The van der Waals surface area contributed by atoms with Gasteiger partial charge in [-0.05, 0) is 55.4 Å². The van der Waals surface area contributed by atoms with Gasteiger partial charge in [0, 0.05) is 25.3 Å². The molecule has 0 spiro atoms. The van der Waals surface area contributed by atoms with Gasteiger partial charge < -0.3 is 20.4 Å². The van der Waals surface area contributed by atoms with Crippen LogP contribution in [0.1, 0.15) is 40.3 Å². The first-order chi connectivity index (χ1) is 16.3. The third-order valence-corrected chi connectivity index (χ3v) is 7.03. The Balaban J connectivity index is 1.54. The van der Waals surface area contributed by atoms with Crippen LogP contribution in [0, 0.1) is 36.0 Å². The largest absolute Gasteiger partial charge is 0.476 e. The van der Waals surface area contributed by atoms with Crippen LogP contribution in [0.3, 0.4) is 0 Å². The molecule has 3 heterocycles. The normalized spacial score (nSPS) is 21.7. The number of anilines is 2. The number of hydrogen-bond donors (Lipinski definition) is 3. The zero-order valence-corrected chi connectivity index (χ0v) is 19.4. The van der Waals surface area contributed by atoms with Crippen LogP contribution in [0.15, 0.2) is 24.3 Å². The van der Waals surface area contributed by atoms with E-state index in [1.165, 1.54) is 6.07 Å². The van der Waals surface area contributed by atoms with Gasteiger partial charge in [-0.2, -0.15) is 5.26 Å². The van der Waals surface area contributed by atoms with E-state index in [-0.39, 0.29) is 29.2 Å². The number of aliphatic hydroxyl groups excluding tert-OH is 1. The lowest BCUT2D eigenvalue weighted by Crippen LogP contribution is -2.27. The van der Waals surface area contributed by atoms with Gasteiger partial charge in [0.15, 0.2) is 17.2 Å².